The fourth-order valence-electron chi connectivity index (χ4n) is 2.61. The van der Waals surface area contributed by atoms with Gasteiger partial charge in [-0.1, -0.05) is 0 Å². The molecular weight excluding hydrogens is 287 g/mol. The van der Waals surface area contributed by atoms with Crippen molar-refractivity contribution in [1.82, 2.24) is 0 Å². The van der Waals surface area contributed by atoms with Gasteiger partial charge in [-0.05, 0) is 0 Å². The van der Waals surface area contributed by atoms with Crippen LogP contribution in [0.5, 0.6) is 0 Å². The van der Waals surface area contributed by atoms with Crippen LogP contribution in [0.4, 0.5) is 0 Å². The standard InChI is InChI=1S/2C6H7.C2H6Si.Zr/c2*1-6-4-2-3-5-6;1-3-2;/h2*2,4H,3H2,1H3;1-2H3;. The third-order valence-electron chi connectivity index (χ3n) is 3.44. The Bertz CT molecular complexity index is 431. The van der Waals surface area contributed by atoms with E-state index in [0.29, 0.717) is 0 Å². The van der Waals surface area contributed by atoms with E-state index in [-0.39, 0.29) is 5.43 Å². The molecule has 2 heteroatoms. The maximum absolute atomic E-state index is 2.54. The van der Waals surface area contributed by atoms with Crippen LogP contribution >= 0.6 is 0 Å². The fraction of sp³-hybridized carbons (Fsp3) is 0.429. The molecule has 0 unspecified atom stereocenters. The molecule has 0 heterocycles. The summed E-state index contributed by atoms with van der Waals surface area (Å²) >= 11 is -1.44. The van der Waals surface area contributed by atoms with Crippen molar-refractivity contribution in [2.75, 3.05) is 0 Å². The molecule has 2 aliphatic carbocycles. The maximum atomic E-state index is 2.54. The van der Waals surface area contributed by atoms with E-state index < -0.39 is 20.4 Å². The van der Waals surface area contributed by atoms with Gasteiger partial charge in [0.2, 0.25) is 0 Å². The van der Waals surface area contributed by atoms with E-state index in [0.717, 1.165) is 0 Å². The van der Waals surface area contributed by atoms with Crippen molar-refractivity contribution in [3.8, 4) is 0 Å². The molecule has 0 radical (unpaired) electrons. The first-order valence-electron chi connectivity index (χ1n) is 6.02. The molecule has 0 amide bonds. The van der Waals surface area contributed by atoms with Crippen LogP contribution in [-0.2, 0) is 20.4 Å². The number of allylic oxidation sites excluding steroid dienone is 8. The molecule has 0 aromatic carbocycles. The summed E-state index contributed by atoms with van der Waals surface area (Å²) < 4.78 is 3.78. The van der Waals surface area contributed by atoms with Gasteiger partial charge in [-0.15, -0.1) is 0 Å². The molecule has 0 aromatic rings. The van der Waals surface area contributed by atoms with Gasteiger partial charge in [0, 0.05) is 0 Å². The SMILES string of the molecule is CC1=[C]([Zr]([C]2=C(C)C=CC2)=[Si](C)C)CC=C1. The van der Waals surface area contributed by atoms with Gasteiger partial charge in [0.05, 0.1) is 0 Å². The van der Waals surface area contributed by atoms with Crippen molar-refractivity contribution >= 4 is 5.43 Å². The monoisotopic (exact) mass is 306 g/mol. The third-order valence-corrected chi connectivity index (χ3v) is 21.3. The molecule has 0 fully saturated rings. The van der Waals surface area contributed by atoms with Crippen LogP contribution in [0, 0.1) is 0 Å². The molecule has 0 spiro atoms. The Morgan fingerprint density at radius 3 is 1.62 bits per heavy atom. The van der Waals surface area contributed by atoms with E-state index in [2.05, 4.69) is 51.2 Å². The third kappa shape index (κ3) is 2.33. The Morgan fingerprint density at radius 2 is 1.38 bits per heavy atom. The molecule has 0 saturated heterocycles. The summed E-state index contributed by atoms with van der Waals surface area (Å²) in [5, 5.41) is 0. The molecule has 84 valence electrons. The number of hydrogen-bond acceptors (Lipinski definition) is 0. The van der Waals surface area contributed by atoms with Crippen LogP contribution in [0.25, 0.3) is 0 Å². The van der Waals surface area contributed by atoms with Crippen LogP contribution in [-0.4, -0.2) is 5.43 Å². The molecule has 2 rings (SSSR count). The minimum absolute atomic E-state index is 0.103. The van der Waals surface area contributed by atoms with Crippen molar-refractivity contribution in [2.24, 2.45) is 0 Å². The Morgan fingerprint density at radius 1 is 0.938 bits per heavy atom. The van der Waals surface area contributed by atoms with E-state index in [1.54, 1.807) is 11.1 Å². The second kappa shape index (κ2) is 5.14. The molecule has 0 aromatic heterocycles. The summed E-state index contributed by atoms with van der Waals surface area (Å²) in [6.45, 7) is 9.72. The molecule has 0 atom stereocenters. The van der Waals surface area contributed by atoms with Gasteiger partial charge in [0.15, 0.2) is 0 Å². The van der Waals surface area contributed by atoms with Crippen molar-refractivity contribution < 1.29 is 20.4 Å². The van der Waals surface area contributed by atoms with Gasteiger partial charge in [0.25, 0.3) is 0 Å². The average Bonchev–Trinajstić information content (AvgIpc) is 2.79. The predicted molar refractivity (Wildman–Crippen MR) is 70.4 cm³/mol. The van der Waals surface area contributed by atoms with Crippen molar-refractivity contribution in [2.45, 2.75) is 39.8 Å². The Kier molecular flexibility index (Phi) is 4.02. The molecule has 0 nitrogen and oxygen atoms in total. The predicted octanol–water partition coefficient (Wildman–Crippen LogP) is 4.32. The Labute approximate surface area is 107 Å². The zero-order valence-corrected chi connectivity index (χ0v) is 14.2. The normalized spacial score (nSPS) is 19.0. The first-order valence-corrected chi connectivity index (χ1v) is 14.7. The summed E-state index contributed by atoms with van der Waals surface area (Å²) in [6.07, 6.45) is 12.0. The quantitative estimate of drug-likeness (QED) is 0.666. The van der Waals surface area contributed by atoms with Crippen LogP contribution in [0.15, 0.2) is 42.0 Å². The van der Waals surface area contributed by atoms with Crippen molar-refractivity contribution in [3.05, 3.63) is 42.0 Å². The fourth-order valence-corrected chi connectivity index (χ4v) is 21.1. The van der Waals surface area contributed by atoms with Crippen LogP contribution < -0.4 is 0 Å². The first-order chi connectivity index (χ1) is 7.61. The second-order valence-electron chi connectivity index (χ2n) is 4.91. The Balaban J connectivity index is 2.47. The molecule has 0 N–H and O–H groups in total. The van der Waals surface area contributed by atoms with Gasteiger partial charge in [0.1, 0.15) is 0 Å². The van der Waals surface area contributed by atoms with Crippen LogP contribution in [0.3, 0.4) is 0 Å². The zero-order chi connectivity index (χ0) is 11.7. The van der Waals surface area contributed by atoms with Gasteiger partial charge in [-0.25, -0.2) is 0 Å². The zero-order valence-electron chi connectivity index (χ0n) is 10.7. The van der Waals surface area contributed by atoms with E-state index in [1.165, 1.54) is 12.8 Å². The van der Waals surface area contributed by atoms with Gasteiger partial charge < -0.3 is 0 Å². The second-order valence-corrected chi connectivity index (χ2v) is 22.1. The van der Waals surface area contributed by atoms with E-state index >= 15 is 0 Å². The number of rotatable bonds is 2. The molecule has 0 saturated carbocycles. The van der Waals surface area contributed by atoms with E-state index in [1.807, 2.05) is 6.56 Å². The topological polar surface area (TPSA) is 0 Å². The molecule has 16 heavy (non-hydrogen) atoms. The molecule has 0 bridgehead atoms. The molecular formula is C14H20SiZr. The summed E-state index contributed by atoms with van der Waals surface area (Å²) in [6, 6.07) is 0. The van der Waals surface area contributed by atoms with E-state index in [4.69, 9.17) is 0 Å². The summed E-state index contributed by atoms with van der Waals surface area (Å²) in [4.78, 5) is 0. The molecule has 2 aliphatic rings. The summed E-state index contributed by atoms with van der Waals surface area (Å²) in [5.41, 5.74) is 3.11. The van der Waals surface area contributed by atoms with Crippen LogP contribution in [0.2, 0.25) is 13.1 Å². The van der Waals surface area contributed by atoms with Crippen molar-refractivity contribution in [3.63, 3.8) is 0 Å². The van der Waals surface area contributed by atoms with E-state index in [9.17, 15) is 0 Å². The van der Waals surface area contributed by atoms with Gasteiger partial charge >= 0.3 is 108 Å². The molecule has 0 aliphatic heterocycles. The minimum atomic E-state index is -1.44. The average molecular weight is 308 g/mol. The summed E-state index contributed by atoms with van der Waals surface area (Å²) in [5.74, 6) is 0. The van der Waals surface area contributed by atoms with Crippen molar-refractivity contribution in [1.29, 1.82) is 0 Å². The summed E-state index contributed by atoms with van der Waals surface area (Å²) in [7, 11) is 0. The van der Waals surface area contributed by atoms with Gasteiger partial charge in [-0.3, -0.25) is 0 Å². The first kappa shape index (κ1) is 12.5. The van der Waals surface area contributed by atoms with Gasteiger partial charge in [-0.2, -0.15) is 0 Å². The Hall–Kier alpha value is 0.0600. The van der Waals surface area contributed by atoms with Crippen LogP contribution in [0.1, 0.15) is 26.7 Å². The number of hydrogen-bond donors (Lipinski definition) is 0.